The monoisotopic (exact) mass is 754 g/mol. The molecule has 55 heavy (non-hydrogen) atoms. The Kier molecular flexibility index (Phi) is 8.48. The highest BCUT2D eigenvalue weighted by Gasteiger charge is 2.68. The molecule has 3 atom stereocenters. The number of nitrogens with one attached hydrogen (secondary N) is 2. The molecule has 276 valence electrons. The normalized spacial score (nSPS) is 17.9. The number of amides is 2. The zero-order chi connectivity index (χ0) is 38.8. The minimum Gasteiger partial charge on any atom is -0.348 e. The van der Waals surface area contributed by atoms with Crippen molar-refractivity contribution in [3.8, 4) is 29.0 Å². The Hall–Kier alpha value is -6.48. The molecule has 3 aromatic carbocycles. The molecule has 1 fully saturated rings. The van der Waals surface area contributed by atoms with Gasteiger partial charge in [-0.2, -0.15) is 32.3 Å². The number of hydrogen-bond donors (Lipinski definition) is 2. The quantitative estimate of drug-likeness (QED) is 0.137. The van der Waals surface area contributed by atoms with Crippen molar-refractivity contribution in [2.45, 2.75) is 50.0 Å². The lowest BCUT2D eigenvalue weighted by atomic mass is 9.93. The van der Waals surface area contributed by atoms with Gasteiger partial charge in [0.2, 0.25) is 5.91 Å². The standard InChI is InChI=1S/C40H25F7N6O2/c41-25-11-22(12-26(42)15-25)13-32(51-33(54)19-53-37-34(36(52-53)40(45,46)47)30-16-31(30)39(37,43)44)35-28(23-6-7-24-18-49-38(55)29(24)14-23)10-9-27(50-35)8-5-20-1-3-21(17-48)4-2-20/h1-4,6-7,9-12,14-15,30-32H,13,16,18-19H2,(H,49,55)(H,51,54)/t30-,31?,32-/m0/s1. The number of nitrogens with zero attached hydrogens (tertiary/aromatic N) is 4. The van der Waals surface area contributed by atoms with Crippen LogP contribution in [-0.2, 0) is 36.4 Å². The summed E-state index contributed by atoms with van der Waals surface area (Å²) in [5.74, 6) is -3.35. The van der Waals surface area contributed by atoms with E-state index in [0.29, 0.717) is 45.1 Å². The number of alkyl halides is 5. The lowest BCUT2D eigenvalue weighted by Gasteiger charge is -2.23. The SMILES string of the molecule is N#Cc1ccc(C#Cc2ccc(-c3ccc4c(c3)C(=O)NC4)c([C@H](Cc3cc(F)cc(F)c3)NC(=O)Cn3nc(C(F)(F)F)c4c3C(F)(F)C3C[C@H]43)n2)cc1. The van der Waals surface area contributed by atoms with Crippen molar-refractivity contribution in [2.24, 2.45) is 5.92 Å². The zero-order valence-electron chi connectivity index (χ0n) is 28.2. The van der Waals surface area contributed by atoms with Crippen molar-refractivity contribution >= 4 is 11.8 Å². The molecule has 3 heterocycles. The third-order valence-corrected chi connectivity index (χ3v) is 9.90. The molecule has 15 heteroatoms. The molecule has 0 bridgehead atoms. The van der Waals surface area contributed by atoms with Crippen LogP contribution in [0.4, 0.5) is 30.7 Å². The maximum atomic E-state index is 15.3. The van der Waals surface area contributed by atoms with Crippen LogP contribution in [0.5, 0.6) is 0 Å². The van der Waals surface area contributed by atoms with Gasteiger partial charge in [-0.25, -0.2) is 13.8 Å². The van der Waals surface area contributed by atoms with Crippen LogP contribution in [-0.4, -0.2) is 26.6 Å². The predicted octanol–water partition coefficient (Wildman–Crippen LogP) is 7.07. The highest BCUT2D eigenvalue weighted by atomic mass is 19.4. The summed E-state index contributed by atoms with van der Waals surface area (Å²) in [5, 5.41) is 18.0. The van der Waals surface area contributed by atoms with Gasteiger partial charge in [-0.1, -0.05) is 18.1 Å². The molecule has 3 aliphatic rings. The Bertz CT molecular complexity index is 2510. The van der Waals surface area contributed by atoms with Gasteiger partial charge in [0.1, 0.15) is 29.6 Å². The minimum absolute atomic E-state index is 0.0592. The molecule has 0 spiro atoms. The van der Waals surface area contributed by atoms with Gasteiger partial charge in [0.15, 0.2) is 5.69 Å². The zero-order valence-corrected chi connectivity index (χ0v) is 28.2. The maximum Gasteiger partial charge on any atom is 0.435 e. The molecule has 1 saturated carbocycles. The Labute approximate surface area is 308 Å². The van der Waals surface area contributed by atoms with E-state index >= 15 is 8.78 Å². The lowest BCUT2D eigenvalue weighted by Crippen LogP contribution is -2.35. The first-order chi connectivity index (χ1) is 26.2. The number of hydrogen-bond acceptors (Lipinski definition) is 5. The average molecular weight is 755 g/mol. The van der Waals surface area contributed by atoms with Crippen molar-refractivity contribution in [3.05, 3.63) is 141 Å². The van der Waals surface area contributed by atoms with Gasteiger partial charge in [-0.15, -0.1) is 0 Å². The molecule has 1 aliphatic heterocycles. The van der Waals surface area contributed by atoms with Gasteiger partial charge >= 0.3 is 6.18 Å². The van der Waals surface area contributed by atoms with Crippen molar-refractivity contribution < 1.29 is 40.3 Å². The average Bonchev–Trinajstić information content (AvgIpc) is 3.65. The molecule has 2 aromatic heterocycles. The van der Waals surface area contributed by atoms with E-state index < -0.39 is 71.0 Å². The van der Waals surface area contributed by atoms with Crippen LogP contribution < -0.4 is 10.6 Å². The van der Waals surface area contributed by atoms with E-state index in [0.717, 1.165) is 17.7 Å². The van der Waals surface area contributed by atoms with E-state index in [-0.39, 0.29) is 35.7 Å². The number of carbonyl (C=O) groups is 2. The first-order valence-corrected chi connectivity index (χ1v) is 16.9. The van der Waals surface area contributed by atoms with Crippen LogP contribution in [0.15, 0.2) is 72.8 Å². The summed E-state index contributed by atoms with van der Waals surface area (Å²) in [5.41, 5.74) is 0.177. The smallest absolute Gasteiger partial charge is 0.348 e. The summed E-state index contributed by atoms with van der Waals surface area (Å²) in [6.45, 7) is -0.727. The predicted molar refractivity (Wildman–Crippen MR) is 181 cm³/mol. The second-order valence-corrected chi connectivity index (χ2v) is 13.6. The molecule has 5 aromatic rings. The Morgan fingerprint density at radius 3 is 2.42 bits per heavy atom. The molecule has 2 amide bonds. The van der Waals surface area contributed by atoms with Crippen LogP contribution in [0.2, 0.25) is 0 Å². The van der Waals surface area contributed by atoms with E-state index in [2.05, 4.69) is 27.6 Å². The number of rotatable bonds is 7. The van der Waals surface area contributed by atoms with Gasteiger partial charge in [0.25, 0.3) is 11.8 Å². The number of nitriles is 1. The second-order valence-electron chi connectivity index (χ2n) is 13.6. The molecular weight excluding hydrogens is 729 g/mol. The second kappa shape index (κ2) is 13.1. The Morgan fingerprint density at radius 1 is 0.982 bits per heavy atom. The van der Waals surface area contributed by atoms with Crippen LogP contribution in [0, 0.1) is 40.7 Å². The summed E-state index contributed by atoms with van der Waals surface area (Å²) < 4.78 is 102. The number of pyridine rings is 1. The highest BCUT2D eigenvalue weighted by molar-refractivity contribution is 5.99. The fourth-order valence-electron chi connectivity index (χ4n) is 7.35. The van der Waals surface area contributed by atoms with Gasteiger partial charge in [0.05, 0.1) is 23.4 Å². The summed E-state index contributed by atoms with van der Waals surface area (Å²) in [6.07, 6.45) is -5.49. The number of aromatic nitrogens is 3. The van der Waals surface area contributed by atoms with Crippen LogP contribution in [0.3, 0.4) is 0 Å². The van der Waals surface area contributed by atoms with Crippen molar-refractivity contribution in [1.29, 1.82) is 5.26 Å². The fourth-order valence-corrected chi connectivity index (χ4v) is 7.35. The van der Waals surface area contributed by atoms with Gasteiger partial charge in [-0.3, -0.25) is 14.3 Å². The summed E-state index contributed by atoms with van der Waals surface area (Å²) in [4.78, 5) is 31.1. The molecule has 8 nitrogen and oxygen atoms in total. The van der Waals surface area contributed by atoms with E-state index in [1.54, 1.807) is 54.6 Å². The van der Waals surface area contributed by atoms with Gasteiger partial charge in [0, 0.05) is 40.8 Å². The molecule has 0 saturated heterocycles. The van der Waals surface area contributed by atoms with Gasteiger partial charge in [-0.05, 0) is 96.0 Å². The molecular formula is C40H25F7N6O2. The number of halogens is 7. The Morgan fingerprint density at radius 2 is 1.71 bits per heavy atom. The minimum atomic E-state index is -5.05. The summed E-state index contributed by atoms with van der Waals surface area (Å²) >= 11 is 0. The molecule has 0 radical (unpaired) electrons. The summed E-state index contributed by atoms with van der Waals surface area (Å²) in [7, 11) is 0. The van der Waals surface area contributed by atoms with Crippen molar-refractivity contribution in [3.63, 3.8) is 0 Å². The third-order valence-electron chi connectivity index (χ3n) is 9.90. The first kappa shape index (κ1) is 35.5. The lowest BCUT2D eigenvalue weighted by molar-refractivity contribution is -0.142. The number of benzene rings is 3. The molecule has 8 rings (SSSR count). The van der Waals surface area contributed by atoms with Crippen molar-refractivity contribution in [2.75, 3.05) is 0 Å². The third kappa shape index (κ3) is 6.67. The number of carbonyl (C=O) groups excluding carboxylic acids is 2. The highest BCUT2D eigenvalue weighted by Crippen LogP contribution is 2.68. The van der Waals surface area contributed by atoms with E-state index in [1.165, 1.54) is 0 Å². The first-order valence-electron chi connectivity index (χ1n) is 16.9. The largest absolute Gasteiger partial charge is 0.435 e. The molecule has 2 aliphatic carbocycles. The topological polar surface area (TPSA) is 113 Å². The fraction of sp³-hybridized carbons (Fsp3) is 0.225. The van der Waals surface area contributed by atoms with E-state index in [9.17, 15) is 31.5 Å². The van der Waals surface area contributed by atoms with E-state index in [4.69, 9.17) is 10.2 Å². The summed E-state index contributed by atoms with van der Waals surface area (Å²) in [6, 6.07) is 18.1. The number of fused-ring (bicyclic) bond motifs is 4. The van der Waals surface area contributed by atoms with E-state index in [1.807, 2.05) is 6.07 Å². The maximum absolute atomic E-state index is 15.3. The molecule has 2 N–H and O–H groups in total. The van der Waals surface area contributed by atoms with Crippen LogP contribution >= 0.6 is 0 Å². The van der Waals surface area contributed by atoms with Gasteiger partial charge < -0.3 is 10.6 Å². The molecule has 1 unspecified atom stereocenters. The Balaban J connectivity index is 1.22. The van der Waals surface area contributed by atoms with Crippen LogP contribution in [0.25, 0.3) is 11.1 Å². The van der Waals surface area contributed by atoms with Crippen LogP contribution in [0.1, 0.15) is 79.3 Å². The van der Waals surface area contributed by atoms with Crippen molar-refractivity contribution in [1.82, 2.24) is 25.4 Å².